The van der Waals surface area contributed by atoms with E-state index in [0.29, 0.717) is 0 Å². The van der Waals surface area contributed by atoms with Gasteiger partial charge in [-0.2, -0.15) is 0 Å². The van der Waals surface area contributed by atoms with E-state index in [-0.39, 0.29) is 0 Å². The number of rotatable bonds is 6. The highest BCUT2D eigenvalue weighted by Gasteiger charge is 2.20. The topological polar surface area (TPSA) is 28.2 Å². The molecule has 2 rings (SSSR count). The molecule has 0 spiro atoms. The number of nitrogens with zero attached hydrogens (tertiary/aromatic N) is 2. The third-order valence-corrected chi connectivity index (χ3v) is 3.68. The number of aromatic nitrogens is 1. The molecule has 3 nitrogen and oxygen atoms in total. The molecule has 0 amide bonds. The Balaban J connectivity index is 1.91. The summed E-state index contributed by atoms with van der Waals surface area (Å²) in [6.45, 7) is 5.56. The second kappa shape index (κ2) is 6.01. The zero-order valence-electron chi connectivity index (χ0n) is 10.9. The minimum absolute atomic E-state index is 0.933. The standard InChI is InChI=1S/C14H23N3/c1-3-17(10-12-5-4-6-12)11-14-9-13(15-2)7-8-16-14/h7-9,12H,3-6,10-11H2,1-2H3,(H,15,16). The largest absolute Gasteiger partial charge is 0.388 e. The predicted molar refractivity (Wildman–Crippen MR) is 72.1 cm³/mol. The maximum absolute atomic E-state index is 4.44. The fourth-order valence-corrected chi connectivity index (χ4v) is 2.30. The highest BCUT2D eigenvalue weighted by atomic mass is 15.1. The normalized spacial score (nSPS) is 15.9. The van der Waals surface area contributed by atoms with Crippen molar-refractivity contribution in [1.29, 1.82) is 0 Å². The van der Waals surface area contributed by atoms with Crippen molar-refractivity contribution in [2.24, 2.45) is 5.92 Å². The molecule has 1 saturated carbocycles. The summed E-state index contributed by atoms with van der Waals surface area (Å²) in [5.74, 6) is 0.933. The average Bonchev–Trinajstić information content (AvgIpc) is 2.32. The summed E-state index contributed by atoms with van der Waals surface area (Å²) in [5.41, 5.74) is 2.31. The van der Waals surface area contributed by atoms with Gasteiger partial charge in [0.25, 0.3) is 0 Å². The minimum atomic E-state index is 0.933. The fraction of sp³-hybridized carbons (Fsp3) is 0.643. The molecule has 1 aromatic rings. The molecular weight excluding hydrogens is 210 g/mol. The van der Waals surface area contributed by atoms with Crippen LogP contribution in [0.5, 0.6) is 0 Å². The zero-order valence-corrected chi connectivity index (χ0v) is 10.9. The summed E-state index contributed by atoms with van der Waals surface area (Å²) in [6, 6.07) is 4.15. The van der Waals surface area contributed by atoms with Gasteiger partial charge < -0.3 is 5.32 Å². The van der Waals surface area contributed by atoms with Crippen LogP contribution >= 0.6 is 0 Å². The van der Waals surface area contributed by atoms with Gasteiger partial charge in [-0.05, 0) is 37.4 Å². The van der Waals surface area contributed by atoms with Gasteiger partial charge in [-0.25, -0.2) is 0 Å². The van der Waals surface area contributed by atoms with Crippen LogP contribution in [0.1, 0.15) is 31.9 Å². The summed E-state index contributed by atoms with van der Waals surface area (Å²) < 4.78 is 0. The minimum Gasteiger partial charge on any atom is -0.388 e. The van der Waals surface area contributed by atoms with Gasteiger partial charge in [0.2, 0.25) is 0 Å². The van der Waals surface area contributed by atoms with E-state index in [0.717, 1.165) is 30.4 Å². The van der Waals surface area contributed by atoms with Gasteiger partial charge in [0.1, 0.15) is 0 Å². The summed E-state index contributed by atoms with van der Waals surface area (Å²) in [6.07, 6.45) is 6.15. The van der Waals surface area contributed by atoms with Gasteiger partial charge in [-0.1, -0.05) is 13.3 Å². The number of hydrogen-bond acceptors (Lipinski definition) is 3. The molecule has 0 aliphatic heterocycles. The first-order valence-corrected chi connectivity index (χ1v) is 6.67. The number of anilines is 1. The summed E-state index contributed by atoms with van der Waals surface area (Å²) in [7, 11) is 1.95. The molecule has 1 heterocycles. The van der Waals surface area contributed by atoms with Crippen LogP contribution in [0.4, 0.5) is 5.69 Å². The lowest BCUT2D eigenvalue weighted by Gasteiger charge is -2.31. The van der Waals surface area contributed by atoms with Gasteiger partial charge >= 0.3 is 0 Å². The molecule has 1 fully saturated rings. The van der Waals surface area contributed by atoms with Crippen LogP contribution in [0.2, 0.25) is 0 Å². The number of nitrogens with one attached hydrogen (secondary N) is 1. The van der Waals surface area contributed by atoms with Crippen LogP contribution in [0.25, 0.3) is 0 Å². The first kappa shape index (κ1) is 12.4. The molecule has 0 unspecified atom stereocenters. The summed E-state index contributed by atoms with van der Waals surface area (Å²) >= 11 is 0. The molecule has 94 valence electrons. The molecule has 0 aromatic carbocycles. The summed E-state index contributed by atoms with van der Waals surface area (Å²) in [5, 5.41) is 3.16. The molecule has 0 radical (unpaired) electrons. The second-order valence-corrected chi connectivity index (χ2v) is 4.91. The third kappa shape index (κ3) is 3.43. The van der Waals surface area contributed by atoms with Crippen molar-refractivity contribution >= 4 is 5.69 Å². The van der Waals surface area contributed by atoms with Crippen LogP contribution in [0, 0.1) is 5.92 Å². The van der Waals surface area contributed by atoms with E-state index >= 15 is 0 Å². The molecule has 0 saturated heterocycles. The average molecular weight is 233 g/mol. The van der Waals surface area contributed by atoms with E-state index in [2.05, 4.69) is 28.2 Å². The first-order chi connectivity index (χ1) is 8.31. The maximum atomic E-state index is 4.44. The van der Waals surface area contributed by atoms with Crippen molar-refractivity contribution in [1.82, 2.24) is 9.88 Å². The lowest BCUT2D eigenvalue weighted by Crippen LogP contribution is -2.32. The second-order valence-electron chi connectivity index (χ2n) is 4.91. The smallest absolute Gasteiger partial charge is 0.0564 e. The Morgan fingerprint density at radius 1 is 1.47 bits per heavy atom. The molecular formula is C14H23N3. The van der Waals surface area contributed by atoms with Gasteiger partial charge in [0, 0.05) is 32.0 Å². The number of pyridine rings is 1. The maximum Gasteiger partial charge on any atom is 0.0564 e. The Kier molecular flexibility index (Phi) is 4.37. The Hall–Kier alpha value is -1.09. The Morgan fingerprint density at radius 2 is 2.29 bits per heavy atom. The molecule has 1 aliphatic rings. The van der Waals surface area contributed by atoms with Crippen LogP contribution < -0.4 is 5.32 Å². The lowest BCUT2D eigenvalue weighted by molar-refractivity contribution is 0.177. The highest BCUT2D eigenvalue weighted by Crippen LogP contribution is 2.27. The van der Waals surface area contributed by atoms with E-state index in [9.17, 15) is 0 Å². The van der Waals surface area contributed by atoms with Gasteiger partial charge in [0.15, 0.2) is 0 Å². The van der Waals surface area contributed by atoms with Crippen LogP contribution in [0.3, 0.4) is 0 Å². The quantitative estimate of drug-likeness (QED) is 0.819. The predicted octanol–water partition coefficient (Wildman–Crippen LogP) is 2.75. The molecule has 0 bridgehead atoms. The van der Waals surface area contributed by atoms with Crippen molar-refractivity contribution in [2.75, 3.05) is 25.5 Å². The zero-order chi connectivity index (χ0) is 12.1. The SMILES string of the molecule is CCN(Cc1cc(NC)ccn1)CC1CCC1. The molecule has 1 N–H and O–H groups in total. The van der Waals surface area contributed by atoms with E-state index in [4.69, 9.17) is 0 Å². The van der Waals surface area contributed by atoms with Crippen molar-refractivity contribution in [3.8, 4) is 0 Å². The molecule has 17 heavy (non-hydrogen) atoms. The van der Waals surface area contributed by atoms with Crippen molar-refractivity contribution in [3.05, 3.63) is 24.0 Å². The molecule has 1 aliphatic carbocycles. The highest BCUT2D eigenvalue weighted by molar-refractivity contribution is 5.42. The van der Waals surface area contributed by atoms with E-state index in [1.54, 1.807) is 0 Å². The molecule has 0 atom stereocenters. The number of hydrogen-bond donors (Lipinski definition) is 1. The third-order valence-electron chi connectivity index (χ3n) is 3.68. The van der Waals surface area contributed by atoms with Crippen LogP contribution in [0.15, 0.2) is 18.3 Å². The van der Waals surface area contributed by atoms with Crippen molar-refractivity contribution < 1.29 is 0 Å². The molecule has 3 heteroatoms. The van der Waals surface area contributed by atoms with Gasteiger partial charge in [-0.15, -0.1) is 0 Å². The Morgan fingerprint density at radius 3 is 2.88 bits per heavy atom. The van der Waals surface area contributed by atoms with E-state index in [1.807, 2.05) is 19.3 Å². The van der Waals surface area contributed by atoms with Gasteiger partial charge in [-0.3, -0.25) is 9.88 Å². The lowest BCUT2D eigenvalue weighted by atomic mass is 9.85. The van der Waals surface area contributed by atoms with Crippen LogP contribution in [-0.4, -0.2) is 30.0 Å². The van der Waals surface area contributed by atoms with E-state index < -0.39 is 0 Å². The Labute approximate surface area is 104 Å². The first-order valence-electron chi connectivity index (χ1n) is 6.67. The Bertz CT molecular complexity index is 347. The fourth-order valence-electron chi connectivity index (χ4n) is 2.30. The van der Waals surface area contributed by atoms with Gasteiger partial charge in [0.05, 0.1) is 5.69 Å². The van der Waals surface area contributed by atoms with Crippen LogP contribution in [-0.2, 0) is 6.54 Å². The van der Waals surface area contributed by atoms with Crippen molar-refractivity contribution in [3.63, 3.8) is 0 Å². The van der Waals surface area contributed by atoms with E-state index in [1.165, 1.54) is 25.8 Å². The summed E-state index contributed by atoms with van der Waals surface area (Å²) in [4.78, 5) is 6.95. The van der Waals surface area contributed by atoms with Crippen molar-refractivity contribution in [2.45, 2.75) is 32.7 Å². The molecule has 1 aromatic heterocycles. The monoisotopic (exact) mass is 233 g/mol.